The lowest BCUT2D eigenvalue weighted by Gasteiger charge is -2.21. The molecule has 0 amide bonds. The first-order chi connectivity index (χ1) is 8.39. The average Bonchev–Trinajstić information content (AvgIpc) is 2.82. The van der Waals surface area contributed by atoms with Crippen molar-refractivity contribution in [2.75, 3.05) is 0 Å². The van der Waals surface area contributed by atoms with Gasteiger partial charge in [0.15, 0.2) is 6.10 Å². The van der Waals surface area contributed by atoms with E-state index in [9.17, 15) is 14.7 Å². The Morgan fingerprint density at radius 2 is 2.06 bits per heavy atom. The molecule has 0 aromatic carbocycles. The summed E-state index contributed by atoms with van der Waals surface area (Å²) in [4.78, 5) is 23.0. The van der Waals surface area contributed by atoms with Gasteiger partial charge in [-0.05, 0) is 12.3 Å². The average molecular weight is 256 g/mol. The Bertz CT molecular complexity index is 343. The molecule has 1 saturated heterocycles. The molecule has 102 valence electrons. The lowest BCUT2D eigenvalue weighted by molar-refractivity contribution is -0.164. The lowest BCUT2D eigenvalue weighted by Crippen LogP contribution is -2.35. The Balaban J connectivity index is 2.05. The van der Waals surface area contributed by atoms with Crippen LogP contribution in [0.3, 0.4) is 0 Å². The second kappa shape index (κ2) is 4.88. The van der Waals surface area contributed by atoms with Gasteiger partial charge in [-0.2, -0.15) is 0 Å². The number of esters is 1. The number of hydrogen-bond donors (Lipinski definition) is 1. The van der Waals surface area contributed by atoms with Crippen LogP contribution in [0.2, 0.25) is 0 Å². The van der Waals surface area contributed by atoms with Crippen LogP contribution in [0.15, 0.2) is 0 Å². The molecule has 0 spiro atoms. The lowest BCUT2D eigenvalue weighted by atomic mass is 9.89. The van der Waals surface area contributed by atoms with E-state index >= 15 is 0 Å². The minimum absolute atomic E-state index is 0.395. The zero-order chi connectivity index (χ0) is 13.3. The van der Waals surface area contributed by atoms with Crippen LogP contribution >= 0.6 is 0 Å². The molecule has 2 fully saturated rings. The smallest absolute Gasteiger partial charge is 0.338 e. The standard InChI is InChI=1S/C13H20O5/c1-13(2)17-10(12(16)18-13)9(11(14)15)7-8-5-3-4-6-8/h8-10H,3-7H2,1-2H3,(H,14,15)/t9-,10+/m1/s1. The molecular formula is C13H20O5. The SMILES string of the molecule is CC1(C)OC(=O)[C@H]([C@@H](CC2CCCC2)C(=O)O)O1. The quantitative estimate of drug-likeness (QED) is 0.778. The van der Waals surface area contributed by atoms with Gasteiger partial charge >= 0.3 is 11.9 Å². The maximum atomic E-state index is 11.7. The van der Waals surface area contributed by atoms with Gasteiger partial charge in [-0.1, -0.05) is 25.7 Å². The Kier molecular flexibility index (Phi) is 3.61. The number of hydrogen-bond acceptors (Lipinski definition) is 4. The molecule has 0 radical (unpaired) electrons. The van der Waals surface area contributed by atoms with Crippen LogP contribution < -0.4 is 0 Å². The molecule has 1 N–H and O–H groups in total. The summed E-state index contributed by atoms with van der Waals surface area (Å²) in [5, 5.41) is 9.29. The van der Waals surface area contributed by atoms with Gasteiger partial charge < -0.3 is 14.6 Å². The molecule has 0 bridgehead atoms. The predicted octanol–water partition coefficient (Wildman–Crippen LogP) is 1.95. The minimum atomic E-state index is -1.01. The fraction of sp³-hybridized carbons (Fsp3) is 0.846. The second-order valence-electron chi connectivity index (χ2n) is 5.69. The summed E-state index contributed by atoms with van der Waals surface area (Å²) < 4.78 is 10.5. The topological polar surface area (TPSA) is 72.8 Å². The summed E-state index contributed by atoms with van der Waals surface area (Å²) in [5.41, 5.74) is 0. The van der Waals surface area contributed by atoms with E-state index in [4.69, 9.17) is 9.47 Å². The molecule has 1 aliphatic carbocycles. The van der Waals surface area contributed by atoms with Crippen LogP contribution in [0.4, 0.5) is 0 Å². The number of carbonyl (C=O) groups excluding carboxylic acids is 1. The maximum absolute atomic E-state index is 11.7. The highest BCUT2D eigenvalue weighted by Gasteiger charge is 2.48. The maximum Gasteiger partial charge on any atom is 0.338 e. The number of aliphatic carboxylic acids is 1. The summed E-state index contributed by atoms with van der Waals surface area (Å²) in [7, 11) is 0. The van der Waals surface area contributed by atoms with Gasteiger partial charge in [0.05, 0.1) is 5.92 Å². The van der Waals surface area contributed by atoms with E-state index in [1.165, 1.54) is 0 Å². The van der Waals surface area contributed by atoms with Crippen LogP contribution in [-0.4, -0.2) is 28.9 Å². The minimum Gasteiger partial charge on any atom is -0.481 e. The fourth-order valence-corrected chi connectivity index (χ4v) is 2.88. The van der Waals surface area contributed by atoms with E-state index < -0.39 is 29.7 Å². The Hall–Kier alpha value is -1.10. The third-order valence-corrected chi connectivity index (χ3v) is 3.73. The van der Waals surface area contributed by atoms with Crippen molar-refractivity contribution in [2.24, 2.45) is 11.8 Å². The molecule has 2 atom stereocenters. The van der Waals surface area contributed by atoms with Crippen LogP contribution in [-0.2, 0) is 19.1 Å². The predicted molar refractivity (Wildman–Crippen MR) is 62.7 cm³/mol. The van der Waals surface area contributed by atoms with Crippen molar-refractivity contribution in [1.82, 2.24) is 0 Å². The first-order valence-electron chi connectivity index (χ1n) is 6.52. The van der Waals surface area contributed by atoms with Crippen molar-refractivity contribution in [2.45, 2.75) is 57.8 Å². The van der Waals surface area contributed by atoms with E-state index in [2.05, 4.69) is 0 Å². The van der Waals surface area contributed by atoms with Gasteiger partial charge in [0.2, 0.25) is 5.79 Å². The normalized spacial score (nSPS) is 29.2. The Morgan fingerprint density at radius 1 is 1.44 bits per heavy atom. The first-order valence-corrected chi connectivity index (χ1v) is 6.52. The number of carboxylic acids is 1. The molecule has 5 nitrogen and oxygen atoms in total. The van der Waals surface area contributed by atoms with Crippen molar-refractivity contribution >= 4 is 11.9 Å². The van der Waals surface area contributed by atoms with Crippen molar-refractivity contribution in [3.63, 3.8) is 0 Å². The number of rotatable bonds is 4. The monoisotopic (exact) mass is 256 g/mol. The molecule has 5 heteroatoms. The van der Waals surface area contributed by atoms with Gasteiger partial charge in [0.1, 0.15) is 0 Å². The fourth-order valence-electron chi connectivity index (χ4n) is 2.88. The second-order valence-corrected chi connectivity index (χ2v) is 5.69. The number of ether oxygens (including phenoxy) is 2. The van der Waals surface area contributed by atoms with Gasteiger partial charge in [0, 0.05) is 13.8 Å². The van der Waals surface area contributed by atoms with Crippen molar-refractivity contribution in [3.8, 4) is 0 Å². The highest BCUT2D eigenvalue weighted by Crippen LogP contribution is 2.35. The third kappa shape index (κ3) is 2.83. The van der Waals surface area contributed by atoms with Gasteiger partial charge in [-0.25, -0.2) is 4.79 Å². The molecular weight excluding hydrogens is 236 g/mol. The van der Waals surface area contributed by atoms with Crippen molar-refractivity contribution < 1.29 is 24.2 Å². The van der Waals surface area contributed by atoms with E-state index in [1.807, 2.05) is 0 Å². The molecule has 1 heterocycles. The molecule has 0 aromatic heterocycles. The number of carboxylic acid groups (broad SMARTS) is 1. The summed E-state index contributed by atoms with van der Waals surface area (Å²) in [5.74, 6) is -2.92. The van der Waals surface area contributed by atoms with Crippen LogP contribution in [0.1, 0.15) is 46.0 Å². The van der Waals surface area contributed by atoms with E-state index in [0.717, 1.165) is 25.7 Å². The van der Waals surface area contributed by atoms with E-state index in [1.54, 1.807) is 13.8 Å². The third-order valence-electron chi connectivity index (χ3n) is 3.73. The van der Waals surface area contributed by atoms with E-state index in [0.29, 0.717) is 12.3 Å². The molecule has 1 saturated carbocycles. The zero-order valence-electron chi connectivity index (χ0n) is 10.8. The molecule has 1 aliphatic heterocycles. The molecule has 0 aromatic rings. The van der Waals surface area contributed by atoms with Gasteiger partial charge in [-0.3, -0.25) is 4.79 Å². The molecule has 2 rings (SSSR count). The Morgan fingerprint density at radius 3 is 2.50 bits per heavy atom. The van der Waals surface area contributed by atoms with E-state index in [-0.39, 0.29) is 0 Å². The van der Waals surface area contributed by atoms with Crippen LogP contribution in [0.5, 0.6) is 0 Å². The highest BCUT2D eigenvalue weighted by atomic mass is 16.8. The zero-order valence-corrected chi connectivity index (χ0v) is 10.8. The highest BCUT2D eigenvalue weighted by molar-refractivity contribution is 5.84. The number of carbonyl (C=O) groups is 2. The number of cyclic esters (lactones) is 1. The molecule has 2 aliphatic rings. The molecule has 18 heavy (non-hydrogen) atoms. The summed E-state index contributed by atoms with van der Waals surface area (Å²) in [6, 6.07) is 0. The van der Waals surface area contributed by atoms with Crippen molar-refractivity contribution in [3.05, 3.63) is 0 Å². The summed E-state index contributed by atoms with van der Waals surface area (Å²) in [6.45, 7) is 3.25. The van der Waals surface area contributed by atoms with Gasteiger partial charge in [-0.15, -0.1) is 0 Å². The summed E-state index contributed by atoms with van der Waals surface area (Å²) >= 11 is 0. The van der Waals surface area contributed by atoms with Gasteiger partial charge in [0.25, 0.3) is 0 Å². The largest absolute Gasteiger partial charge is 0.481 e. The first kappa shape index (κ1) is 13.3. The summed E-state index contributed by atoms with van der Waals surface area (Å²) in [6.07, 6.45) is 3.95. The molecule has 0 unspecified atom stereocenters. The van der Waals surface area contributed by atoms with Crippen LogP contribution in [0.25, 0.3) is 0 Å². The Labute approximate surface area is 106 Å². The van der Waals surface area contributed by atoms with Crippen LogP contribution in [0, 0.1) is 11.8 Å². The van der Waals surface area contributed by atoms with Crippen molar-refractivity contribution in [1.29, 1.82) is 0 Å².